The van der Waals surface area contributed by atoms with Crippen molar-refractivity contribution < 1.29 is 29.4 Å². The second-order valence-corrected chi connectivity index (χ2v) is 8.99. The summed E-state index contributed by atoms with van der Waals surface area (Å²) < 4.78 is 0. The molecule has 1 aliphatic rings. The number of nitrogens with one attached hydrogen (secondary N) is 2. The molecule has 1 aliphatic heterocycles. The van der Waals surface area contributed by atoms with Gasteiger partial charge < -0.3 is 31.5 Å². The lowest BCUT2D eigenvalue weighted by atomic mass is 10.0. The second kappa shape index (κ2) is 12.2. The molecule has 0 aliphatic carbocycles. The zero-order chi connectivity index (χ0) is 26.2. The topological polar surface area (TPSA) is 162 Å². The third kappa shape index (κ3) is 7.05. The number of hydrogen-bond donors (Lipinski definition) is 5. The molecule has 4 atom stereocenters. The van der Waals surface area contributed by atoms with Gasteiger partial charge in [-0.1, -0.05) is 42.5 Å². The molecule has 10 nitrogen and oxygen atoms in total. The third-order valence-corrected chi connectivity index (χ3v) is 6.19. The number of carbonyl (C=O) groups excluding carboxylic acids is 3. The number of phenolic OH excluding ortho intramolecular Hbond substituents is 1. The number of nitrogens with two attached hydrogens (primary N) is 1. The summed E-state index contributed by atoms with van der Waals surface area (Å²) in [5, 5.41) is 24.2. The number of amides is 3. The van der Waals surface area contributed by atoms with Crippen LogP contribution in [0, 0.1) is 0 Å². The van der Waals surface area contributed by atoms with Gasteiger partial charge in [-0.15, -0.1) is 0 Å². The lowest BCUT2D eigenvalue weighted by molar-refractivity contribution is -0.144. The van der Waals surface area contributed by atoms with Gasteiger partial charge in [0.15, 0.2) is 0 Å². The highest BCUT2D eigenvalue weighted by atomic mass is 16.4. The van der Waals surface area contributed by atoms with Crippen molar-refractivity contribution >= 4 is 23.7 Å². The van der Waals surface area contributed by atoms with Crippen LogP contribution in [-0.4, -0.2) is 69.5 Å². The van der Waals surface area contributed by atoms with Crippen molar-refractivity contribution in [3.05, 3.63) is 65.7 Å². The number of phenols is 1. The van der Waals surface area contributed by atoms with Crippen LogP contribution >= 0.6 is 0 Å². The molecule has 36 heavy (non-hydrogen) atoms. The van der Waals surface area contributed by atoms with Gasteiger partial charge in [0, 0.05) is 13.0 Å². The largest absolute Gasteiger partial charge is 0.508 e. The lowest BCUT2D eigenvalue weighted by Crippen LogP contribution is -2.56. The van der Waals surface area contributed by atoms with Crippen molar-refractivity contribution in [2.24, 2.45) is 5.73 Å². The maximum atomic E-state index is 13.1. The summed E-state index contributed by atoms with van der Waals surface area (Å²) in [6.45, 7) is 1.86. The number of carboxylic acid groups (broad SMARTS) is 1. The van der Waals surface area contributed by atoms with E-state index in [4.69, 9.17) is 5.73 Å². The average molecular weight is 497 g/mol. The van der Waals surface area contributed by atoms with Gasteiger partial charge in [0.2, 0.25) is 17.7 Å². The third-order valence-electron chi connectivity index (χ3n) is 6.19. The van der Waals surface area contributed by atoms with Gasteiger partial charge in [0.05, 0.1) is 6.04 Å². The van der Waals surface area contributed by atoms with Crippen LogP contribution in [0.3, 0.4) is 0 Å². The standard InChI is InChI=1S/C26H32N4O6/c1-16(28-23(32)20(27)14-17-6-3-2-4-7-17)25(34)30-13-5-8-22(30)24(33)29-21(26(35)36)15-18-9-11-19(31)12-10-18/h2-4,6-7,9-12,16,20-22,31H,5,8,13-15,27H2,1H3,(H,28,32)(H,29,33)(H,35,36). The van der Waals surface area contributed by atoms with Crippen LogP contribution in [0.1, 0.15) is 30.9 Å². The van der Waals surface area contributed by atoms with Crippen LogP contribution in [-0.2, 0) is 32.0 Å². The summed E-state index contributed by atoms with van der Waals surface area (Å²) in [5.41, 5.74) is 7.54. The predicted octanol–water partition coefficient (Wildman–Crippen LogP) is 0.570. The molecule has 0 saturated carbocycles. The van der Waals surface area contributed by atoms with Crippen LogP contribution in [0.15, 0.2) is 54.6 Å². The van der Waals surface area contributed by atoms with Crippen LogP contribution in [0.2, 0.25) is 0 Å². The molecular formula is C26H32N4O6. The van der Waals surface area contributed by atoms with Crippen molar-refractivity contribution in [1.82, 2.24) is 15.5 Å². The van der Waals surface area contributed by atoms with Crippen molar-refractivity contribution in [3.8, 4) is 5.75 Å². The fraction of sp³-hybridized carbons (Fsp3) is 0.385. The number of aliphatic carboxylic acids is 1. The van der Waals surface area contributed by atoms with E-state index in [1.807, 2.05) is 30.3 Å². The van der Waals surface area contributed by atoms with E-state index in [0.29, 0.717) is 31.4 Å². The first-order valence-corrected chi connectivity index (χ1v) is 11.9. The lowest BCUT2D eigenvalue weighted by Gasteiger charge is -2.28. The summed E-state index contributed by atoms with van der Waals surface area (Å²) in [4.78, 5) is 51.7. The van der Waals surface area contributed by atoms with E-state index < -0.39 is 47.9 Å². The van der Waals surface area contributed by atoms with Crippen molar-refractivity contribution in [2.75, 3.05) is 6.54 Å². The van der Waals surface area contributed by atoms with E-state index in [1.165, 1.54) is 24.0 Å². The van der Waals surface area contributed by atoms with Crippen LogP contribution in [0.4, 0.5) is 0 Å². The van der Waals surface area contributed by atoms with Crippen molar-refractivity contribution in [2.45, 2.75) is 56.8 Å². The van der Waals surface area contributed by atoms with Gasteiger partial charge in [-0.05, 0) is 49.4 Å². The molecule has 2 aromatic carbocycles. The Morgan fingerprint density at radius 3 is 2.28 bits per heavy atom. The van der Waals surface area contributed by atoms with E-state index in [-0.39, 0.29) is 12.2 Å². The quantitative estimate of drug-likeness (QED) is 0.321. The molecule has 192 valence electrons. The number of carboxylic acids is 1. The first-order chi connectivity index (χ1) is 17.2. The number of likely N-dealkylation sites (tertiary alicyclic amines) is 1. The van der Waals surface area contributed by atoms with Gasteiger partial charge in [0.1, 0.15) is 23.9 Å². The minimum absolute atomic E-state index is 0.0216. The van der Waals surface area contributed by atoms with Gasteiger partial charge >= 0.3 is 5.97 Å². The number of nitrogens with zero attached hydrogens (tertiary/aromatic N) is 1. The molecule has 3 amide bonds. The Labute approximate surface area is 209 Å². The highest BCUT2D eigenvalue weighted by Gasteiger charge is 2.38. The fourth-order valence-electron chi connectivity index (χ4n) is 4.23. The second-order valence-electron chi connectivity index (χ2n) is 8.99. The van der Waals surface area contributed by atoms with Gasteiger partial charge in [0.25, 0.3) is 0 Å². The van der Waals surface area contributed by atoms with E-state index >= 15 is 0 Å². The van der Waals surface area contributed by atoms with Gasteiger partial charge in [-0.25, -0.2) is 4.79 Å². The molecule has 2 aromatic rings. The Bertz CT molecular complexity index is 1080. The molecule has 3 rings (SSSR count). The summed E-state index contributed by atoms with van der Waals surface area (Å²) in [5.74, 6) is -2.62. The zero-order valence-corrected chi connectivity index (χ0v) is 20.1. The maximum absolute atomic E-state index is 13.1. The first kappa shape index (κ1) is 26.7. The van der Waals surface area contributed by atoms with Gasteiger partial charge in [-0.3, -0.25) is 14.4 Å². The number of carbonyl (C=O) groups is 4. The predicted molar refractivity (Wildman–Crippen MR) is 132 cm³/mol. The smallest absolute Gasteiger partial charge is 0.326 e. The first-order valence-electron chi connectivity index (χ1n) is 11.9. The summed E-state index contributed by atoms with van der Waals surface area (Å²) in [6, 6.07) is 11.6. The minimum atomic E-state index is -1.21. The van der Waals surface area contributed by atoms with Crippen LogP contribution in [0.25, 0.3) is 0 Å². The molecule has 10 heteroatoms. The molecule has 0 aromatic heterocycles. The Balaban J connectivity index is 1.58. The Hall–Kier alpha value is -3.92. The Kier molecular flexibility index (Phi) is 9.02. The molecule has 0 bridgehead atoms. The zero-order valence-electron chi connectivity index (χ0n) is 20.1. The Morgan fingerprint density at radius 1 is 1.00 bits per heavy atom. The highest BCUT2D eigenvalue weighted by molar-refractivity contribution is 5.94. The molecule has 1 saturated heterocycles. The monoisotopic (exact) mass is 496 g/mol. The maximum Gasteiger partial charge on any atom is 0.326 e. The number of rotatable bonds is 10. The summed E-state index contributed by atoms with van der Waals surface area (Å²) in [6.07, 6.45) is 1.30. The fourth-order valence-corrected chi connectivity index (χ4v) is 4.23. The molecular weight excluding hydrogens is 464 g/mol. The Morgan fingerprint density at radius 2 is 1.64 bits per heavy atom. The molecule has 4 unspecified atom stereocenters. The summed E-state index contributed by atoms with van der Waals surface area (Å²) in [7, 11) is 0. The molecule has 6 N–H and O–H groups in total. The number of aromatic hydroxyl groups is 1. The molecule has 0 radical (unpaired) electrons. The molecule has 0 spiro atoms. The van der Waals surface area contributed by atoms with E-state index in [2.05, 4.69) is 10.6 Å². The minimum Gasteiger partial charge on any atom is -0.508 e. The van der Waals surface area contributed by atoms with Crippen LogP contribution < -0.4 is 16.4 Å². The van der Waals surface area contributed by atoms with Crippen molar-refractivity contribution in [3.63, 3.8) is 0 Å². The number of benzene rings is 2. The normalized spacial score (nSPS) is 17.6. The average Bonchev–Trinajstić information content (AvgIpc) is 3.35. The van der Waals surface area contributed by atoms with E-state index in [0.717, 1.165) is 5.56 Å². The highest BCUT2D eigenvalue weighted by Crippen LogP contribution is 2.19. The number of hydrogen-bond acceptors (Lipinski definition) is 6. The van der Waals surface area contributed by atoms with Gasteiger partial charge in [-0.2, -0.15) is 0 Å². The molecule has 1 fully saturated rings. The van der Waals surface area contributed by atoms with Crippen molar-refractivity contribution in [1.29, 1.82) is 0 Å². The molecule has 1 heterocycles. The van der Waals surface area contributed by atoms with Crippen LogP contribution in [0.5, 0.6) is 5.75 Å². The van der Waals surface area contributed by atoms with E-state index in [9.17, 15) is 29.4 Å². The summed E-state index contributed by atoms with van der Waals surface area (Å²) >= 11 is 0. The van der Waals surface area contributed by atoms with E-state index in [1.54, 1.807) is 12.1 Å². The SMILES string of the molecule is CC(NC(=O)C(N)Cc1ccccc1)C(=O)N1CCCC1C(=O)NC(Cc1ccc(O)cc1)C(=O)O.